The van der Waals surface area contributed by atoms with Crippen LogP contribution in [0.5, 0.6) is 0 Å². The number of aryl methyl sites for hydroxylation is 1. The topological polar surface area (TPSA) is 45.2 Å². The van der Waals surface area contributed by atoms with E-state index in [2.05, 4.69) is 22.6 Å². The van der Waals surface area contributed by atoms with Gasteiger partial charge in [-0.05, 0) is 25.8 Å². The number of nitrogens with zero attached hydrogens (tertiary/aromatic N) is 2. The first-order valence-corrected chi connectivity index (χ1v) is 7.62. The van der Waals surface area contributed by atoms with Crippen LogP contribution in [0.3, 0.4) is 0 Å². The molecule has 1 aromatic heterocycles. The van der Waals surface area contributed by atoms with Crippen LogP contribution in [0.25, 0.3) is 0 Å². The van der Waals surface area contributed by atoms with E-state index in [-0.39, 0.29) is 5.91 Å². The molecule has 2 aliphatic rings. The lowest BCUT2D eigenvalue weighted by Gasteiger charge is -2.22. The van der Waals surface area contributed by atoms with Crippen molar-refractivity contribution in [2.45, 2.75) is 51.2 Å². The smallest absolute Gasteiger partial charge is 0.224 e. The van der Waals surface area contributed by atoms with E-state index in [1.165, 1.54) is 5.01 Å². The van der Waals surface area contributed by atoms with Gasteiger partial charge >= 0.3 is 0 Å². The average molecular weight is 265 g/mol. The highest BCUT2D eigenvalue weighted by molar-refractivity contribution is 7.09. The van der Waals surface area contributed by atoms with Gasteiger partial charge in [-0.2, -0.15) is 0 Å². The van der Waals surface area contributed by atoms with Gasteiger partial charge in [0.25, 0.3) is 0 Å². The predicted molar refractivity (Wildman–Crippen MR) is 71.5 cm³/mol. The number of carbonyl (C=O) groups excluding carboxylic acids is 1. The molecule has 0 spiro atoms. The number of carbonyl (C=O) groups is 1. The van der Waals surface area contributed by atoms with Gasteiger partial charge in [0.2, 0.25) is 5.91 Å². The summed E-state index contributed by atoms with van der Waals surface area (Å²) in [5, 5.41) is 6.71. The van der Waals surface area contributed by atoms with Crippen molar-refractivity contribution < 1.29 is 4.79 Å². The molecule has 0 aliphatic carbocycles. The van der Waals surface area contributed by atoms with Crippen LogP contribution < -0.4 is 5.32 Å². The summed E-state index contributed by atoms with van der Waals surface area (Å²) in [6.45, 7) is 3.90. The molecule has 2 atom stereocenters. The van der Waals surface area contributed by atoms with E-state index in [1.807, 2.05) is 4.90 Å². The molecule has 2 aliphatic heterocycles. The molecule has 0 saturated carbocycles. The van der Waals surface area contributed by atoms with E-state index in [1.54, 1.807) is 11.3 Å². The Balaban J connectivity index is 1.69. The van der Waals surface area contributed by atoms with Crippen LogP contribution in [0.1, 0.15) is 36.9 Å². The Labute approximate surface area is 111 Å². The Morgan fingerprint density at radius 2 is 2.50 bits per heavy atom. The predicted octanol–water partition coefficient (Wildman–Crippen LogP) is 1.56. The van der Waals surface area contributed by atoms with E-state index in [0.29, 0.717) is 25.0 Å². The summed E-state index contributed by atoms with van der Waals surface area (Å²) in [6.07, 6.45) is 3.93. The van der Waals surface area contributed by atoms with Crippen LogP contribution in [0, 0.1) is 0 Å². The number of hydrogen-bond donors (Lipinski definition) is 1. The first-order valence-electron chi connectivity index (χ1n) is 6.74. The largest absolute Gasteiger partial charge is 0.332 e. The molecular formula is C13H19N3OS. The summed E-state index contributed by atoms with van der Waals surface area (Å²) in [5.41, 5.74) is 1.06. The molecule has 1 amide bonds. The van der Waals surface area contributed by atoms with Gasteiger partial charge in [0, 0.05) is 23.9 Å². The number of aromatic nitrogens is 1. The van der Waals surface area contributed by atoms with E-state index >= 15 is 0 Å². The van der Waals surface area contributed by atoms with Crippen LogP contribution in [0.4, 0.5) is 0 Å². The van der Waals surface area contributed by atoms with Crippen LogP contribution in [-0.4, -0.2) is 34.4 Å². The SMILES string of the molecule is CCCc1nc(CN2C(=O)C[C@H]3NCC[C@H]32)cs1. The summed E-state index contributed by atoms with van der Waals surface area (Å²) in [4.78, 5) is 18.6. The molecule has 3 heterocycles. The zero-order valence-corrected chi connectivity index (χ0v) is 11.5. The third-order valence-corrected chi connectivity index (χ3v) is 4.78. The van der Waals surface area contributed by atoms with Gasteiger partial charge < -0.3 is 10.2 Å². The van der Waals surface area contributed by atoms with Crippen molar-refractivity contribution in [1.29, 1.82) is 0 Å². The van der Waals surface area contributed by atoms with Crippen molar-refractivity contribution in [2.24, 2.45) is 0 Å². The van der Waals surface area contributed by atoms with Crippen LogP contribution in [0.15, 0.2) is 5.38 Å². The van der Waals surface area contributed by atoms with Crippen molar-refractivity contribution in [2.75, 3.05) is 6.54 Å². The van der Waals surface area contributed by atoms with Gasteiger partial charge in [-0.15, -0.1) is 11.3 Å². The summed E-state index contributed by atoms with van der Waals surface area (Å²) in [6, 6.07) is 0.778. The van der Waals surface area contributed by atoms with Crippen molar-refractivity contribution in [3.63, 3.8) is 0 Å². The number of fused-ring (bicyclic) bond motifs is 1. The maximum Gasteiger partial charge on any atom is 0.224 e. The monoisotopic (exact) mass is 265 g/mol. The molecule has 4 nitrogen and oxygen atoms in total. The van der Waals surface area contributed by atoms with E-state index < -0.39 is 0 Å². The highest BCUT2D eigenvalue weighted by atomic mass is 32.1. The number of likely N-dealkylation sites (tertiary alicyclic amines) is 1. The molecule has 0 aromatic carbocycles. The lowest BCUT2D eigenvalue weighted by Crippen LogP contribution is -2.35. The van der Waals surface area contributed by atoms with Crippen LogP contribution >= 0.6 is 11.3 Å². The molecule has 3 rings (SSSR count). The zero-order valence-electron chi connectivity index (χ0n) is 10.7. The lowest BCUT2D eigenvalue weighted by atomic mass is 10.1. The van der Waals surface area contributed by atoms with Crippen molar-refractivity contribution in [3.05, 3.63) is 16.1 Å². The second kappa shape index (κ2) is 4.97. The molecule has 2 saturated heterocycles. The van der Waals surface area contributed by atoms with Crippen molar-refractivity contribution >= 4 is 17.2 Å². The van der Waals surface area contributed by atoms with Gasteiger partial charge in [0.1, 0.15) is 0 Å². The summed E-state index contributed by atoms with van der Waals surface area (Å²) in [7, 11) is 0. The van der Waals surface area contributed by atoms with E-state index in [0.717, 1.165) is 31.5 Å². The Morgan fingerprint density at radius 3 is 3.33 bits per heavy atom. The molecule has 18 heavy (non-hydrogen) atoms. The lowest BCUT2D eigenvalue weighted by molar-refractivity contribution is -0.129. The van der Waals surface area contributed by atoms with E-state index in [4.69, 9.17) is 0 Å². The first-order chi connectivity index (χ1) is 8.78. The number of rotatable bonds is 4. The summed E-state index contributed by atoms with van der Waals surface area (Å²) < 4.78 is 0. The van der Waals surface area contributed by atoms with Crippen LogP contribution in [-0.2, 0) is 17.8 Å². The number of thiazole rings is 1. The maximum atomic E-state index is 12.0. The second-order valence-electron chi connectivity index (χ2n) is 5.12. The fourth-order valence-electron chi connectivity index (χ4n) is 2.96. The third-order valence-electron chi connectivity index (χ3n) is 3.82. The molecule has 98 valence electrons. The van der Waals surface area contributed by atoms with Gasteiger partial charge in [0.15, 0.2) is 0 Å². The van der Waals surface area contributed by atoms with Crippen molar-refractivity contribution in [3.8, 4) is 0 Å². The molecule has 0 radical (unpaired) electrons. The Hall–Kier alpha value is -0.940. The summed E-state index contributed by atoms with van der Waals surface area (Å²) in [5.74, 6) is 0.280. The fraction of sp³-hybridized carbons (Fsp3) is 0.692. The van der Waals surface area contributed by atoms with Crippen LogP contribution in [0.2, 0.25) is 0 Å². The van der Waals surface area contributed by atoms with Gasteiger partial charge in [-0.25, -0.2) is 4.98 Å². The Kier molecular flexibility index (Phi) is 3.35. The molecule has 0 unspecified atom stereocenters. The molecular weight excluding hydrogens is 246 g/mol. The molecule has 0 bridgehead atoms. The highest BCUT2D eigenvalue weighted by Gasteiger charge is 2.42. The minimum Gasteiger partial charge on any atom is -0.332 e. The molecule has 2 fully saturated rings. The summed E-state index contributed by atoms with van der Waals surface area (Å²) >= 11 is 1.72. The Morgan fingerprint density at radius 1 is 1.61 bits per heavy atom. The van der Waals surface area contributed by atoms with Crippen molar-refractivity contribution in [1.82, 2.24) is 15.2 Å². The van der Waals surface area contributed by atoms with Gasteiger partial charge in [-0.3, -0.25) is 4.79 Å². The standard InChI is InChI=1S/C13H19N3OS/c1-2-3-12-15-9(8-18-12)7-16-11-4-5-14-10(11)6-13(16)17/h8,10-11,14H,2-7H2,1H3/t10-,11-/m1/s1. The maximum absolute atomic E-state index is 12.0. The number of amides is 1. The molecule has 1 aromatic rings. The number of nitrogens with one attached hydrogen (secondary N) is 1. The van der Waals surface area contributed by atoms with Gasteiger partial charge in [-0.1, -0.05) is 6.92 Å². The minimum atomic E-state index is 0.280. The molecule has 5 heteroatoms. The average Bonchev–Trinajstić information content (AvgIpc) is 3.00. The van der Waals surface area contributed by atoms with Gasteiger partial charge in [0.05, 0.1) is 17.2 Å². The molecule has 1 N–H and O–H groups in total. The first kappa shape index (κ1) is 12.1. The second-order valence-corrected chi connectivity index (χ2v) is 6.07. The minimum absolute atomic E-state index is 0.280. The quantitative estimate of drug-likeness (QED) is 0.898. The highest BCUT2D eigenvalue weighted by Crippen LogP contribution is 2.28. The zero-order chi connectivity index (χ0) is 12.5. The fourth-order valence-corrected chi connectivity index (χ4v) is 3.85. The number of hydrogen-bond acceptors (Lipinski definition) is 4. The Bertz CT molecular complexity index is 445. The third kappa shape index (κ3) is 2.17. The van der Waals surface area contributed by atoms with E-state index in [9.17, 15) is 4.79 Å². The normalized spacial score (nSPS) is 26.9.